The topological polar surface area (TPSA) is 35.2 Å². The van der Waals surface area contributed by atoms with Crippen molar-refractivity contribution in [3.8, 4) is 0 Å². The van der Waals surface area contributed by atoms with Crippen molar-refractivity contribution < 1.29 is 4.74 Å². The molecule has 2 N–H and O–H groups in total. The van der Waals surface area contributed by atoms with E-state index in [0.717, 1.165) is 24.0 Å². The van der Waals surface area contributed by atoms with Crippen LogP contribution in [0.1, 0.15) is 49.1 Å². The lowest BCUT2D eigenvalue weighted by Gasteiger charge is -2.25. The van der Waals surface area contributed by atoms with Gasteiger partial charge in [0.1, 0.15) is 6.10 Å². The van der Waals surface area contributed by atoms with Crippen LogP contribution in [0.25, 0.3) is 0 Å². The molecule has 0 amide bonds. The number of nitrogens with two attached hydrogens (primary N) is 1. The van der Waals surface area contributed by atoms with Crippen molar-refractivity contribution in [2.75, 3.05) is 6.61 Å². The van der Waals surface area contributed by atoms with E-state index in [0.29, 0.717) is 6.61 Å². The van der Waals surface area contributed by atoms with Gasteiger partial charge in [-0.25, -0.2) is 0 Å². The number of rotatable bonds is 7. The first-order valence-electron chi connectivity index (χ1n) is 7.77. The largest absolute Gasteiger partial charge is 0.372 e. The highest BCUT2D eigenvalue weighted by Crippen LogP contribution is 2.30. The molecule has 0 saturated heterocycles. The summed E-state index contributed by atoms with van der Waals surface area (Å²) in [7, 11) is 0. The zero-order valence-corrected chi connectivity index (χ0v) is 13.0. The molecule has 0 spiro atoms. The molecule has 0 aromatic heterocycles. The fourth-order valence-electron chi connectivity index (χ4n) is 2.65. The van der Waals surface area contributed by atoms with Crippen molar-refractivity contribution in [1.29, 1.82) is 0 Å². The predicted molar refractivity (Wildman–Crippen MR) is 88.2 cm³/mol. The Bertz CT molecular complexity index is 538. The van der Waals surface area contributed by atoms with Gasteiger partial charge >= 0.3 is 0 Å². The normalized spacial score (nSPS) is 13.9. The third kappa shape index (κ3) is 4.16. The number of benzene rings is 2. The summed E-state index contributed by atoms with van der Waals surface area (Å²) in [5.41, 5.74) is 10.1. The molecule has 2 unspecified atom stereocenters. The standard InChI is InChI=1S/C19H25NO/c1-3-9-15-10-8-13-17(14-15)18(20)19(21-4-2)16-11-6-5-7-12-16/h5-8,10-14,18-19H,3-4,9,20H2,1-2H3. The summed E-state index contributed by atoms with van der Waals surface area (Å²) in [6, 6.07) is 18.6. The van der Waals surface area contributed by atoms with E-state index in [1.165, 1.54) is 5.56 Å². The van der Waals surface area contributed by atoms with Crippen LogP contribution in [0.5, 0.6) is 0 Å². The van der Waals surface area contributed by atoms with E-state index in [1.54, 1.807) is 0 Å². The Hall–Kier alpha value is -1.64. The molecule has 0 aliphatic carbocycles. The van der Waals surface area contributed by atoms with Crippen molar-refractivity contribution in [2.24, 2.45) is 5.73 Å². The zero-order chi connectivity index (χ0) is 15.1. The minimum Gasteiger partial charge on any atom is -0.372 e. The van der Waals surface area contributed by atoms with Gasteiger partial charge in [0.15, 0.2) is 0 Å². The van der Waals surface area contributed by atoms with E-state index in [4.69, 9.17) is 10.5 Å². The van der Waals surface area contributed by atoms with Crippen LogP contribution < -0.4 is 5.73 Å². The SMILES string of the molecule is CCCc1cccc(C(N)C(OCC)c2ccccc2)c1. The van der Waals surface area contributed by atoms with Gasteiger partial charge in [0.05, 0.1) is 6.04 Å². The Balaban J connectivity index is 2.26. The number of hydrogen-bond acceptors (Lipinski definition) is 2. The third-order valence-electron chi connectivity index (χ3n) is 3.68. The molecule has 112 valence electrons. The van der Waals surface area contributed by atoms with Gasteiger partial charge in [-0.2, -0.15) is 0 Å². The molecule has 2 heteroatoms. The van der Waals surface area contributed by atoms with Gasteiger partial charge in [0, 0.05) is 6.61 Å². The summed E-state index contributed by atoms with van der Waals surface area (Å²) in [6.45, 7) is 4.86. The molecule has 2 aromatic rings. The second-order valence-corrected chi connectivity index (χ2v) is 5.31. The van der Waals surface area contributed by atoms with Gasteiger partial charge in [0.25, 0.3) is 0 Å². The van der Waals surface area contributed by atoms with Crippen LogP contribution in [0.2, 0.25) is 0 Å². The maximum absolute atomic E-state index is 6.50. The summed E-state index contributed by atoms with van der Waals surface area (Å²) < 4.78 is 5.92. The smallest absolute Gasteiger partial charge is 0.102 e. The maximum atomic E-state index is 6.50. The van der Waals surface area contributed by atoms with Crippen molar-refractivity contribution in [3.63, 3.8) is 0 Å². The van der Waals surface area contributed by atoms with Gasteiger partial charge in [-0.3, -0.25) is 0 Å². The molecular formula is C19H25NO. The fourth-order valence-corrected chi connectivity index (χ4v) is 2.65. The van der Waals surface area contributed by atoms with Crippen LogP contribution in [-0.2, 0) is 11.2 Å². The van der Waals surface area contributed by atoms with Crippen molar-refractivity contribution in [1.82, 2.24) is 0 Å². The number of hydrogen-bond donors (Lipinski definition) is 1. The summed E-state index contributed by atoms with van der Waals surface area (Å²) in [6.07, 6.45) is 2.13. The Morgan fingerprint density at radius 1 is 0.952 bits per heavy atom. The fraction of sp³-hybridized carbons (Fsp3) is 0.368. The first-order valence-corrected chi connectivity index (χ1v) is 7.77. The lowest BCUT2D eigenvalue weighted by Crippen LogP contribution is -2.22. The summed E-state index contributed by atoms with van der Waals surface area (Å²) >= 11 is 0. The minimum absolute atomic E-state index is 0.104. The first-order chi connectivity index (χ1) is 10.3. The van der Waals surface area contributed by atoms with Gasteiger partial charge in [-0.15, -0.1) is 0 Å². The van der Waals surface area contributed by atoms with Gasteiger partial charge < -0.3 is 10.5 Å². The summed E-state index contributed by atoms with van der Waals surface area (Å²) in [5.74, 6) is 0. The Morgan fingerprint density at radius 2 is 1.67 bits per heavy atom. The van der Waals surface area contributed by atoms with Crippen molar-refractivity contribution in [3.05, 3.63) is 71.3 Å². The number of ether oxygens (including phenoxy) is 1. The highest BCUT2D eigenvalue weighted by atomic mass is 16.5. The molecule has 21 heavy (non-hydrogen) atoms. The number of aryl methyl sites for hydroxylation is 1. The molecule has 0 saturated carbocycles. The molecule has 2 rings (SSSR count). The van der Waals surface area contributed by atoms with Crippen LogP contribution >= 0.6 is 0 Å². The van der Waals surface area contributed by atoms with Crippen molar-refractivity contribution in [2.45, 2.75) is 38.8 Å². The van der Waals surface area contributed by atoms with Gasteiger partial charge in [0.2, 0.25) is 0 Å². The Kier molecular flexibility index (Phi) is 5.97. The molecule has 2 aromatic carbocycles. The van der Waals surface area contributed by atoms with E-state index in [9.17, 15) is 0 Å². The molecule has 2 nitrogen and oxygen atoms in total. The summed E-state index contributed by atoms with van der Waals surface area (Å²) in [4.78, 5) is 0. The average Bonchev–Trinajstić information content (AvgIpc) is 2.53. The van der Waals surface area contributed by atoms with E-state index < -0.39 is 0 Å². The monoisotopic (exact) mass is 283 g/mol. The molecule has 0 aliphatic heterocycles. The molecular weight excluding hydrogens is 258 g/mol. The Morgan fingerprint density at radius 3 is 2.33 bits per heavy atom. The average molecular weight is 283 g/mol. The second-order valence-electron chi connectivity index (χ2n) is 5.31. The van der Waals surface area contributed by atoms with E-state index in [1.807, 2.05) is 25.1 Å². The van der Waals surface area contributed by atoms with Crippen LogP contribution in [0.15, 0.2) is 54.6 Å². The first kappa shape index (κ1) is 15.7. The van der Waals surface area contributed by atoms with Crippen LogP contribution in [0.4, 0.5) is 0 Å². The molecule has 0 radical (unpaired) electrons. The minimum atomic E-state index is -0.149. The third-order valence-corrected chi connectivity index (χ3v) is 3.68. The van der Waals surface area contributed by atoms with E-state index in [2.05, 4.69) is 43.3 Å². The van der Waals surface area contributed by atoms with Crippen molar-refractivity contribution >= 4 is 0 Å². The lowest BCUT2D eigenvalue weighted by molar-refractivity contribution is 0.0429. The van der Waals surface area contributed by atoms with Crippen LogP contribution in [-0.4, -0.2) is 6.61 Å². The molecule has 2 atom stereocenters. The second kappa shape index (κ2) is 7.96. The zero-order valence-electron chi connectivity index (χ0n) is 13.0. The molecule has 0 fully saturated rings. The molecule has 0 bridgehead atoms. The highest BCUT2D eigenvalue weighted by Gasteiger charge is 2.21. The molecule has 0 aliphatic rings. The van der Waals surface area contributed by atoms with E-state index in [-0.39, 0.29) is 12.1 Å². The van der Waals surface area contributed by atoms with Crippen LogP contribution in [0, 0.1) is 0 Å². The maximum Gasteiger partial charge on any atom is 0.102 e. The van der Waals surface area contributed by atoms with Gasteiger partial charge in [-0.05, 0) is 30.0 Å². The van der Waals surface area contributed by atoms with E-state index >= 15 is 0 Å². The Labute approximate surface area is 127 Å². The highest BCUT2D eigenvalue weighted by molar-refractivity contribution is 5.29. The summed E-state index contributed by atoms with van der Waals surface area (Å²) in [5, 5.41) is 0. The molecule has 0 heterocycles. The van der Waals surface area contributed by atoms with Gasteiger partial charge in [-0.1, -0.05) is 67.9 Å². The van der Waals surface area contributed by atoms with Crippen LogP contribution in [0.3, 0.4) is 0 Å². The predicted octanol–water partition coefficient (Wildman–Crippen LogP) is 4.42. The quantitative estimate of drug-likeness (QED) is 0.816. The lowest BCUT2D eigenvalue weighted by atomic mass is 9.94.